The lowest BCUT2D eigenvalue weighted by molar-refractivity contribution is 0.326. The van der Waals surface area contributed by atoms with Gasteiger partial charge in [0, 0.05) is 18.8 Å². The van der Waals surface area contributed by atoms with E-state index in [9.17, 15) is 0 Å². The Balaban J connectivity index is 2.84. The van der Waals surface area contributed by atoms with Crippen molar-refractivity contribution in [1.29, 1.82) is 0 Å². The predicted molar refractivity (Wildman–Crippen MR) is 76.5 cm³/mol. The Kier molecular flexibility index (Phi) is 4.84. The lowest BCUT2D eigenvalue weighted by atomic mass is 10.1. The number of hydrogen-bond acceptors (Lipinski definition) is 4. The lowest BCUT2D eigenvalue weighted by Gasteiger charge is -2.21. The van der Waals surface area contributed by atoms with Crippen LogP contribution in [0.25, 0.3) is 0 Å². The molecule has 3 N–H and O–H groups in total. The Morgan fingerprint density at radius 1 is 1.59 bits per heavy atom. The molecule has 1 aromatic heterocycles. The summed E-state index contributed by atoms with van der Waals surface area (Å²) >= 11 is 5.06. The van der Waals surface area contributed by atoms with E-state index in [0.717, 1.165) is 23.5 Å². The topological polar surface area (TPSA) is 54.2 Å². The third kappa shape index (κ3) is 3.64. The molecule has 1 rings (SSSR count). The fourth-order valence-corrected chi connectivity index (χ4v) is 1.69. The molecule has 0 aromatic carbocycles. The quantitative estimate of drug-likeness (QED) is 0.776. The molecule has 0 amide bonds. The Hall–Kier alpha value is -1.20. The van der Waals surface area contributed by atoms with Crippen molar-refractivity contribution in [3.8, 4) is 0 Å². The molecular weight excluding hydrogens is 232 g/mol. The van der Waals surface area contributed by atoms with Crippen LogP contribution in [0.5, 0.6) is 0 Å². The van der Waals surface area contributed by atoms with Crippen LogP contribution < -0.4 is 11.1 Å². The minimum absolute atomic E-state index is 0.385. The number of pyridine rings is 1. The van der Waals surface area contributed by atoms with Crippen molar-refractivity contribution in [1.82, 2.24) is 9.88 Å². The van der Waals surface area contributed by atoms with Crippen molar-refractivity contribution < 1.29 is 0 Å². The molecule has 94 valence electrons. The zero-order valence-corrected chi connectivity index (χ0v) is 11.6. The van der Waals surface area contributed by atoms with Gasteiger partial charge < -0.3 is 16.0 Å². The summed E-state index contributed by atoms with van der Waals surface area (Å²) in [5.41, 5.74) is 7.61. The zero-order chi connectivity index (χ0) is 13.0. The van der Waals surface area contributed by atoms with E-state index < -0.39 is 0 Å². The number of anilines is 1. The van der Waals surface area contributed by atoms with Gasteiger partial charge in [0.25, 0.3) is 0 Å². The van der Waals surface area contributed by atoms with Gasteiger partial charge in [-0.25, -0.2) is 4.98 Å². The molecule has 0 spiro atoms. The van der Waals surface area contributed by atoms with E-state index in [1.807, 2.05) is 27.1 Å². The summed E-state index contributed by atoms with van der Waals surface area (Å²) in [6, 6.07) is 2.33. The van der Waals surface area contributed by atoms with E-state index in [-0.39, 0.29) is 0 Å². The van der Waals surface area contributed by atoms with Gasteiger partial charge in [-0.3, -0.25) is 0 Å². The SMILES string of the molecule is Cc1ccnc(NCC(C)N(C)C)c1C(N)=S. The number of aromatic nitrogens is 1. The van der Waals surface area contributed by atoms with Crippen LogP contribution in [0.15, 0.2) is 12.3 Å². The molecule has 0 saturated carbocycles. The van der Waals surface area contributed by atoms with E-state index >= 15 is 0 Å². The van der Waals surface area contributed by atoms with Crippen molar-refractivity contribution in [3.05, 3.63) is 23.4 Å². The van der Waals surface area contributed by atoms with E-state index in [2.05, 4.69) is 22.1 Å². The largest absolute Gasteiger partial charge is 0.389 e. The number of nitrogens with two attached hydrogens (primary N) is 1. The average Bonchev–Trinajstić information content (AvgIpc) is 2.24. The standard InChI is InChI=1S/C12H20N4S/c1-8-5-6-14-12(10(8)11(13)17)15-7-9(2)16(3)4/h5-6,9H,7H2,1-4H3,(H2,13,17)(H,14,15). The number of nitrogens with zero attached hydrogens (tertiary/aromatic N) is 2. The molecule has 1 heterocycles. The summed E-state index contributed by atoms with van der Waals surface area (Å²) in [6.07, 6.45) is 1.76. The maximum absolute atomic E-state index is 5.72. The van der Waals surface area contributed by atoms with Crippen LogP contribution in [0.1, 0.15) is 18.1 Å². The third-order valence-electron chi connectivity index (χ3n) is 2.85. The third-order valence-corrected chi connectivity index (χ3v) is 3.06. The molecule has 0 bridgehead atoms. The molecule has 0 fully saturated rings. The molecule has 0 radical (unpaired) electrons. The minimum atomic E-state index is 0.385. The Bertz CT molecular complexity index is 403. The monoisotopic (exact) mass is 252 g/mol. The highest BCUT2D eigenvalue weighted by molar-refractivity contribution is 7.80. The Morgan fingerprint density at radius 3 is 2.76 bits per heavy atom. The first kappa shape index (κ1) is 13.9. The summed E-state index contributed by atoms with van der Waals surface area (Å²) < 4.78 is 0. The highest BCUT2D eigenvalue weighted by atomic mass is 32.1. The van der Waals surface area contributed by atoms with Crippen molar-refractivity contribution in [2.75, 3.05) is 26.0 Å². The highest BCUT2D eigenvalue weighted by Crippen LogP contribution is 2.16. The molecule has 0 aliphatic carbocycles. The van der Waals surface area contributed by atoms with E-state index in [1.165, 1.54) is 0 Å². The first-order valence-electron chi connectivity index (χ1n) is 5.59. The number of nitrogens with one attached hydrogen (secondary N) is 1. The summed E-state index contributed by atoms with van der Waals surface area (Å²) in [7, 11) is 4.09. The number of hydrogen-bond donors (Lipinski definition) is 2. The molecule has 1 atom stereocenters. The molecule has 17 heavy (non-hydrogen) atoms. The van der Waals surface area contributed by atoms with Crippen LogP contribution in [0.4, 0.5) is 5.82 Å². The van der Waals surface area contributed by atoms with Crippen LogP contribution in [0.2, 0.25) is 0 Å². The molecule has 0 aliphatic rings. The Labute approximate surface area is 108 Å². The van der Waals surface area contributed by atoms with E-state index in [4.69, 9.17) is 18.0 Å². The predicted octanol–water partition coefficient (Wildman–Crippen LogP) is 1.39. The second kappa shape index (κ2) is 5.93. The first-order chi connectivity index (χ1) is 7.93. The van der Waals surface area contributed by atoms with E-state index in [1.54, 1.807) is 6.20 Å². The smallest absolute Gasteiger partial charge is 0.136 e. The molecular formula is C12H20N4S. The summed E-state index contributed by atoms with van der Waals surface area (Å²) in [6.45, 7) is 4.93. The van der Waals surface area contributed by atoms with Gasteiger partial charge in [-0.2, -0.15) is 0 Å². The zero-order valence-electron chi connectivity index (χ0n) is 10.8. The summed E-state index contributed by atoms with van der Waals surface area (Å²) in [4.78, 5) is 6.82. The van der Waals surface area contributed by atoms with Crippen LogP contribution in [0.3, 0.4) is 0 Å². The van der Waals surface area contributed by atoms with Crippen molar-refractivity contribution >= 4 is 23.0 Å². The van der Waals surface area contributed by atoms with Gasteiger partial charge in [-0.1, -0.05) is 12.2 Å². The molecule has 0 aliphatic heterocycles. The first-order valence-corrected chi connectivity index (χ1v) is 6.00. The molecule has 1 aromatic rings. The molecule has 0 saturated heterocycles. The van der Waals surface area contributed by atoms with Crippen LogP contribution in [-0.4, -0.2) is 41.6 Å². The van der Waals surface area contributed by atoms with Crippen molar-refractivity contribution in [2.24, 2.45) is 5.73 Å². The van der Waals surface area contributed by atoms with Gasteiger partial charge >= 0.3 is 0 Å². The molecule has 4 nitrogen and oxygen atoms in total. The van der Waals surface area contributed by atoms with Crippen molar-refractivity contribution in [3.63, 3.8) is 0 Å². The van der Waals surface area contributed by atoms with Gasteiger partial charge in [-0.05, 0) is 39.6 Å². The normalized spacial score (nSPS) is 12.5. The average molecular weight is 252 g/mol. The number of rotatable bonds is 5. The molecule has 5 heteroatoms. The summed E-state index contributed by atoms with van der Waals surface area (Å²) in [5, 5.41) is 3.30. The van der Waals surface area contributed by atoms with E-state index in [0.29, 0.717) is 11.0 Å². The van der Waals surface area contributed by atoms with Gasteiger partial charge in [0.2, 0.25) is 0 Å². The maximum Gasteiger partial charge on any atom is 0.136 e. The number of likely N-dealkylation sites (N-methyl/N-ethyl adjacent to an activating group) is 1. The van der Waals surface area contributed by atoms with Gasteiger partial charge in [0.05, 0.1) is 5.56 Å². The lowest BCUT2D eigenvalue weighted by Crippen LogP contribution is -2.32. The van der Waals surface area contributed by atoms with Crippen molar-refractivity contribution in [2.45, 2.75) is 19.9 Å². The maximum atomic E-state index is 5.72. The fraction of sp³-hybridized carbons (Fsp3) is 0.500. The summed E-state index contributed by atoms with van der Waals surface area (Å²) in [5.74, 6) is 0.770. The second-order valence-corrected chi connectivity index (χ2v) is 4.85. The van der Waals surface area contributed by atoms with Gasteiger partial charge in [0.15, 0.2) is 0 Å². The van der Waals surface area contributed by atoms with Crippen LogP contribution in [-0.2, 0) is 0 Å². The minimum Gasteiger partial charge on any atom is -0.389 e. The van der Waals surface area contributed by atoms with Gasteiger partial charge in [-0.15, -0.1) is 0 Å². The highest BCUT2D eigenvalue weighted by Gasteiger charge is 2.11. The second-order valence-electron chi connectivity index (χ2n) is 4.41. The van der Waals surface area contributed by atoms with Crippen LogP contribution in [0, 0.1) is 6.92 Å². The molecule has 1 unspecified atom stereocenters. The number of thiocarbonyl (C=S) groups is 1. The number of aryl methyl sites for hydroxylation is 1. The van der Waals surface area contributed by atoms with Gasteiger partial charge in [0.1, 0.15) is 10.8 Å². The fourth-order valence-electron chi connectivity index (χ4n) is 1.43. The van der Waals surface area contributed by atoms with Crippen LogP contribution >= 0.6 is 12.2 Å². The Morgan fingerprint density at radius 2 is 2.24 bits per heavy atom.